The molecule has 0 amide bonds. The normalized spacial score (nSPS) is 15.4. The first-order chi connectivity index (χ1) is 14.7. The Hall–Kier alpha value is -3.21. The van der Waals surface area contributed by atoms with Crippen LogP contribution in [0, 0.1) is 17.3 Å². The van der Waals surface area contributed by atoms with E-state index >= 15 is 0 Å². The zero-order valence-electron chi connectivity index (χ0n) is 16.9. The van der Waals surface area contributed by atoms with Crippen LogP contribution in [0.15, 0.2) is 42.6 Å². The van der Waals surface area contributed by atoms with Crippen molar-refractivity contribution >= 4 is 5.97 Å². The van der Waals surface area contributed by atoms with Gasteiger partial charge in [0.05, 0.1) is 31.1 Å². The van der Waals surface area contributed by atoms with Gasteiger partial charge in [0, 0.05) is 17.7 Å². The molecule has 31 heavy (non-hydrogen) atoms. The summed E-state index contributed by atoms with van der Waals surface area (Å²) in [7, 11) is 0. The highest BCUT2D eigenvalue weighted by Gasteiger charge is 2.44. The number of carbonyl (C=O) groups is 1. The zero-order chi connectivity index (χ0) is 22.5. The Labute approximate surface area is 178 Å². The molecule has 0 radical (unpaired) electrons. The van der Waals surface area contributed by atoms with Crippen LogP contribution < -0.4 is 9.47 Å². The van der Waals surface area contributed by atoms with Gasteiger partial charge in [0.15, 0.2) is 0 Å². The molecule has 0 saturated heterocycles. The van der Waals surface area contributed by atoms with E-state index in [1.807, 2.05) is 0 Å². The monoisotopic (exact) mass is 433 g/mol. The van der Waals surface area contributed by atoms with E-state index in [4.69, 9.17) is 14.6 Å². The molecule has 1 aromatic carbocycles. The molecule has 1 fully saturated rings. The standard InChI is InChI=1S/C23H22F3NO4/c1-2-3-17(12-21(28)29)16-4-7-19(8-5-16)30-14-22(10-11-22)15-31-20-9-6-18(13-27-20)23(24,25)26/h4-9,13,17H,10-12,14-15H2,1H3,(H,28,29). The van der Waals surface area contributed by atoms with Crippen molar-refractivity contribution in [3.8, 4) is 23.5 Å². The molecule has 1 unspecified atom stereocenters. The predicted molar refractivity (Wildman–Crippen MR) is 107 cm³/mol. The van der Waals surface area contributed by atoms with Crippen molar-refractivity contribution < 1.29 is 32.5 Å². The van der Waals surface area contributed by atoms with Gasteiger partial charge < -0.3 is 14.6 Å². The van der Waals surface area contributed by atoms with Crippen molar-refractivity contribution in [1.29, 1.82) is 0 Å². The van der Waals surface area contributed by atoms with E-state index in [0.717, 1.165) is 30.7 Å². The molecule has 5 nitrogen and oxygen atoms in total. The number of alkyl halides is 3. The second-order valence-corrected chi connectivity index (χ2v) is 7.57. The molecule has 0 spiro atoms. The number of nitrogens with zero attached hydrogens (tertiary/aromatic N) is 1. The Morgan fingerprint density at radius 3 is 2.35 bits per heavy atom. The van der Waals surface area contributed by atoms with E-state index in [1.54, 1.807) is 31.2 Å². The van der Waals surface area contributed by atoms with Crippen LogP contribution in [0.25, 0.3) is 0 Å². The van der Waals surface area contributed by atoms with Crippen LogP contribution in [-0.4, -0.2) is 29.3 Å². The number of aromatic nitrogens is 1. The minimum Gasteiger partial charge on any atom is -0.493 e. The molecule has 1 saturated carbocycles. The van der Waals surface area contributed by atoms with Gasteiger partial charge in [-0.05, 0) is 43.5 Å². The van der Waals surface area contributed by atoms with Gasteiger partial charge in [0.25, 0.3) is 0 Å². The SMILES string of the molecule is CC#CC(CC(=O)O)c1ccc(OCC2(COc3ccc(C(F)(F)F)cn3)CC2)cc1. The third kappa shape index (κ3) is 6.38. The molecule has 1 aromatic heterocycles. The van der Waals surface area contributed by atoms with Crippen LogP contribution in [0.2, 0.25) is 0 Å². The fraction of sp³-hybridized carbons (Fsp3) is 0.391. The molecule has 0 aliphatic heterocycles. The highest BCUT2D eigenvalue weighted by atomic mass is 19.4. The summed E-state index contributed by atoms with van der Waals surface area (Å²) in [6, 6.07) is 9.31. The van der Waals surface area contributed by atoms with Crippen LogP contribution in [0.3, 0.4) is 0 Å². The highest BCUT2D eigenvalue weighted by Crippen LogP contribution is 2.46. The van der Waals surface area contributed by atoms with Crippen molar-refractivity contribution in [3.63, 3.8) is 0 Å². The molecule has 1 N–H and O–H groups in total. The van der Waals surface area contributed by atoms with Crippen molar-refractivity contribution in [1.82, 2.24) is 4.98 Å². The van der Waals surface area contributed by atoms with Crippen molar-refractivity contribution in [3.05, 3.63) is 53.7 Å². The largest absolute Gasteiger partial charge is 0.493 e. The van der Waals surface area contributed by atoms with Crippen molar-refractivity contribution in [2.24, 2.45) is 5.41 Å². The summed E-state index contributed by atoms with van der Waals surface area (Å²) in [4.78, 5) is 14.7. The average Bonchev–Trinajstić information content (AvgIpc) is 3.51. The molecule has 1 aliphatic carbocycles. The fourth-order valence-corrected chi connectivity index (χ4v) is 3.00. The van der Waals surface area contributed by atoms with Gasteiger partial charge in [-0.1, -0.05) is 18.1 Å². The van der Waals surface area contributed by atoms with E-state index in [0.29, 0.717) is 19.0 Å². The van der Waals surface area contributed by atoms with Gasteiger partial charge in [-0.2, -0.15) is 13.2 Å². The number of rotatable bonds is 9. The average molecular weight is 433 g/mol. The van der Waals surface area contributed by atoms with Gasteiger partial charge in [-0.3, -0.25) is 4.79 Å². The molecule has 0 bridgehead atoms. The number of hydrogen-bond donors (Lipinski definition) is 1. The van der Waals surface area contributed by atoms with E-state index in [9.17, 15) is 18.0 Å². The molecule has 1 atom stereocenters. The van der Waals surface area contributed by atoms with Gasteiger partial charge in [0.2, 0.25) is 5.88 Å². The second kappa shape index (κ2) is 9.29. The first kappa shape index (κ1) is 22.5. The first-order valence-electron chi connectivity index (χ1n) is 9.74. The zero-order valence-corrected chi connectivity index (χ0v) is 16.9. The molecule has 1 aliphatic rings. The van der Waals surface area contributed by atoms with Crippen LogP contribution in [-0.2, 0) is 11.0 Å². The van der Waals surface area contributed by atoms with E-state index in [-0.39, 0.29) is 23.6 Å². The number of carboxylic acids is 1. The number of hydrogen-bond acceptors (Lipinski definition) is 4. The number of aliphatic carboxylic acids is 1. The minimum absolute atomic E-state index is 0.0700. The lowest BCUT2D eigenvalue weighted by Gasteiger charge is -2.17. The molecule has 3 rings (SSSR count). The van der Waals surface area contributed by atoms with Crippen LogP contribution in [0.4, 0.5) is 13.2 Å². The fourth-order valence-electron chi connectivity index (χ4n) is 3.00. The second-order valence-electron chi connectivity index (χ2n) is 7.57. The molecular formula is C23H22F3NO4. The Morgan fingerprint density at radius 2 is 1.84 bits per heavy atom. The number of halogens is 3. The molecule has 164 valence electrons. The summed E-state index contributed by atoms with van der Waals surface area (Å²) in [6.45, 7) is 2.38. The molecular weight excluding hydrogens is 411 g/mol. The summed E-state index contributed by atoms with van der Waals surface area (Å²) in [5.41, 5.74) is -0.201. The van der Waals surface area contributed by atoms with Gasteiger partial charge in [-0.25, -0.2) is 4.98 Å². The number of pyridine rings is 1. The molecule has 1 heterocycles. The maximum Gasteiger partial charge on any atom is 0.417 e. The van der Waals surface area contributed by atoms with Crippen molar-refractivity contribution in [2.45, 2.75) is 38.3 Å². The van der Waals surface area contributed by atoms with Crippen LogP contribution in [0.1, 0.15) is 43.2 Å². The molecule has 2 aromatic rings. The van der Waals surface area contributed by atoms with E-state index < -0.39 is 17.7 Å². The maximum atomic E-state index is 12.6. The summed E-state index contributed by atoms with van der Waals surface area (Å²) in [6.07, 6.45) is -1.96. The Morgan fingerprint density at radius 1 is 1.16 bits per heavy atom. The van der Waals surface area contributed by atoms with Crippen LogP contribution in [0.5, 0.6) is 11.6 Å². The van der Waals surface area contributed by atoms with Crippen LogP contribution >= 0.6 is 0 Å². The smallest absolute Gasteiger partial charge is 0.417 e. The lowest BCUT2D eigenvalue weighted by molar-refractivity contribution is -0.138. The minimum atomic E-state index is -4.43. The summed E-state index contributed by atoms with van der Waals surface area (Å²) in [5.74, 6) is 5.16. The lowest BCUT2D eigenvalue weighted by Crippen LogP contribution is -2.21. The summed E-state index contributed by atoms with van der Waals surface area (Å²) in [5, 5.41) is 9.03. The first-order valence-corrected chi connectivity index (χ1v) is 9.74. The quantitative estimate of drug-likeness (QED) is 0.569. The summed E-state index contributed by atoms with van der Waals surface area (Å²) >= 11 is 0. The third-order valence-electron chi connectivity index (χ3n) is 5.07. The number of benzene rings is 1. The number of carboxylic acid groups (broad SMARTS) is 1. The van der Waals surface area contributed by atoms with Crippen molar-refractivity contribution in [2.75, 3.05) is 13.2 Å². The Kier molecular flexibility index (Phi) is 6.74. The lowest BCUT2D eigenvalue weighted by atomic mass is 9.96. The third-order valence-corrected chi connectivity index (χ3v) is 5.07. The predicted octanol–water partition coefficient (Wildman–Crippen LogP) is 4.92. The van der Waals surface area contributed by atoms with E-state index in [1.165, 1.54) is 6.07 Å². The maximum absolute atomic E-state index is 12.6. The Bertz CT molecular complexity index is 956. The van der Waals surface area contributed by atoms with E-state index in [2.05, 4.69) is 16.8 Å². The number of ether oxygens (including phenoxy) is 2. The Balaban J connectivity index is 1.52. The topological polar surface area (TPSA) is 68.7 Å². The van der Waals surface area contributed by atoms with Gasteiger partial charge >= 0.3 is 12.1 Å². The highest BCUT2D eigenvalue weighted by molar-refractivity contribution is 5.69. The molecule has 8 heteroatoms. The van der Waals surface area contributed by atoms with Gasteiger partial charge in [0.1, 0.15) is 5.75 Å². The van der Waals surface area contributed by atoms with Gasteiger partial charge in [-0.15, -0.1) is 5.92 Å². The summed E-state index contributed by atoms with van der Waals surface area (Å²) < 4.78 is 49.2.